The van der Waals surface area contributed by atoms with Crippen LogP contribution in [0.25, 0.3) is 11.5 Å². The Bertz CT molecular complexity index is 1090. The maximum absolute atomic E-state index is 12.5. The molecule has 1 fully saturated rings. The van der Waals surface area contributed by atoms with E-state index in [1.807, 2.05) is 0 Å². The highest BCUT2D eigenvalue weighted by atomic mass is 35.5. The van der Waals surface area contributed by atoms with Crippen LogP contribution in [0.5, 0.6) is 5.75 Å². The van der Waals surface area contributed by atoms with E-state index in [4.69, 9.17) is 26.1 Å². The van der Waals surface area contributed by atoms with Crippen molar-refractivity contribution in [3.05, 3.63) is 58.9 Å². The molecule has 1 unspecified atom stereocenters. The van der Waals surface area contributed by atoms with Gasteiger partial charge < -0.3 is 14.2 Å². The number of benzene rings is 2. The lowest BCUT2D eigenvalue weighted by Gasteiger charge is -2.17. The lowest BCUT2D eigenvalue weighted by atomic mass is 10.1. The van der Waals surface area contributed by atoms with Gasteiger partial charge in [-0.15, -0.1) is 0 Å². The van der Waals surface area contributed by atoms with E-state index in [-0.39, 0.29) is 18.2 Å². The molecule has 28 heavy (non-hydrogen) atoms. The molecule has 8 heteroatoms. The lowest BCUT2D eigenvalue weighted by Crippen LogP contribution is -2.24. The van der Waals surface area contributed by atoms with Crippen LogP contribution >= 0.6 is 11.6 Å². The summed E-state index contributed by atoms with van der Waals surface area (Å²) in [6, 6.07) is 14.2. The summed E-state index contributed by atoms with van der Waals surface area (Å²) in [5, 5.41) is 13.5. The topological polar surface area (TPSA) is 92.2 Å². The summed E-state index contributed by atoms with van der Waals surface area (Å²) in [6.45, 7) is 0.429. The van der Waals surface area contributed by atoms with Gasteiger partial charge in [0.25, 0.3) is 5.89 Å². The van der Waals surface area contributed by atoms with Crippen molar-refractivity contribution in [1.29, 1.82) is 5.26 Å². The SMILES string of the molecule is COc1ccc(N2CC(c3noc(-c4cccc(C#N)c4)n3)CC2=O)cc1Cl. The number of aromatic nitrogens is 2. The lowest BCUT2D eigenvalue weighted by molar-refractivity contribution is -0.117. The number of methoxy groups -OCH3 is 1. The molecular weight excluding hydrogens is 380 g/mol. The predicted molar refractivity (Wildman–Crippen MR) is 102 cm³/mol. The van der Waals surface area contributed by atoms with Crippen molar-refractivity contribution in [2.24, 2.45) is 0 Å². The number of nitriles is 1. The van der Waals surface area contributed by atoms with E-state index in [0.29, 0.717) is 45.8 Å². The van der Waals surface area contributed by atoms with Crippen LogP contribution in [0.1, 0.15) is 23.7 Å². The van der Waals surface area contributed by atoms with E-state index in [0.717, 1.165) is 0 Å². The Morgan fingerprint density at radius 2 is 2.18 bits per heavy atom. The molecule has 7 nitrogen and oxygen atoms in total. The molecule has 140 valence electrons. The van der Waals surface area contributed by atoms with Gasteiger partial charge in [0.15, 0.2) is 5.82 Å². The average molecular weight is 395 g/mol. The van der Waals surface area contributed by atoms with Gasteiger partial charge in [-0.05, 0) is 36.4 Å². The fraction of sp³-hybridized carbons (Fsp3) is 0.200. The number of anilines is 1. The number of nitrogens with zero attached hydrogens (tertiary/aromatic N) is 4. The van der Waals surface area contributed by atoms with Crippen molar-refractivity contribution in [3.63, 3.8) is 0 Å². The molecule has 0 N–H and O–H groups in total. The zero-order valence-corrected chi connectivity index (χ0v) is 15.7. The van der Waals surface area contributed by atoms with Crippen LogP contribution in [0.15, 0.2) is 47.0 Å². The van der Waals surface area contributed by atoms with Crippen LogP contribution in [-0.2, 0) is 4.79 Å². The van der Waals surface area contributed by atoms with E-state index in [2.05, 4.69) is 16.2 Å². The van der Waals surface area contributed by atoms with Gasteiger partial charge >= 0.3 is 0 Å². The number of hydrogen-bond acceptors (Lipinski definition) is 6. The molecule has 1 aromatic heterocycles. The Balaban J connectivity index is 1.55. The molecule has 3 aromatic rings. The summed E-state index contributed by atoms with van der Waals surface area (Å²) < 4.78 is 10.5. The van der Waals surface area contributed by atoms with Crippen LogP contribution in [0.2, 0.25) is 5.02 Å². The van der Waals surface area contributed by atoms with Crippen LogP contribution in [0.4, 0.5) is 5.69 Å². The number of ether oxygens (including phenoxy) is 1. The second-order valence-corrected chi connectivity index (χ2v) is 6.78. The molecule has 0 saturated carbocycles. The third-order valence-corrected chi connectivity index (χ3v) is 4.91. The summed E-state index contributed by atoms with van der Waals surface area (Å²) in [7, 11) is 1.54. The largest absolute Gasteiger partial charge is 0.495 e. The van der Waals surface area contributed by atoms with Gasteiger partial charge in [-0.1, -0.05) is 22.8 Å². The Kier molecular flexibility index (Phi) is 4.72. The predicted octanol–water partition coefficient (Wildman–Crippen LogP) is 3.79. The molecule has 0 radical (unpaired) electrons. The molecular formula is C20H15ClN4O3. The first-order valence-electron chi connectivity index (χ1n) is 8.57. The zero-order valence-electron chi connectivity index (χ0n) is 14.9. The minimum Gasteiger partial charge on any atom is -0.495 e. The van der Waals surface area contributed by atoms with Crippen LogP contribution in [-0.4, -0.2) is 29.7 Å². The molecule has 2 heterocycles. The highest BCUT2D eigenvalue weighted by Gasteiger charge is 2.35. The first-order valence-corrected chi connectivity index (χ1v) is 8.95. The Morgan fingerprint density at radius 1 is 1.32 bits per heavy atom. The average Bonchev–Trinajstić information content (AvgIpc) is 3.35. The first-order chi connectivity index (χ1) is 13.6. The van der Waals surface area contributed by atoms with Crippen molar-refractivity contribution < 1.29 is 14.1 Å². The van der Waals surface area contributed by atoms with E-state index < -0.39 is 0 Å². The minimum absolute atomic E-state index is 0.0379. The normalized spacial score (nSPS) is 16.2. The van der Waals surface area contributed by atoms with Gasteiger partial charge in [0, 0.05) is 30.1 Å². The highest BCUT2D eigenvalue weighted by molar-refractivity contribution is 6.32. The van der Waals surface area contributed by atoms with Gasteiger partial charge in [0.2, 0.25) is 5.91 Å². The minimum atomic E-state index is -0.190. The van der Waals surface area contributed by atoms with Crippen LogP contribution < -0.4 is 9.64 Å². The molecule has 1 atom stereocenters. The molecule has 2 aromatic carbocycles. The van der Waals surface area contributed by atoms with Crippen LogP contribution in [0, 0.1) is 11.3 Å². The molecule has 1 amide bonds. The standard InChI is InChI=1S/C20H15ClN4O3/c1-27-17-6-5-15(9-16(17)21)25-11-14(8-18(25)26)19-23-20(28-24-19)13-4-2-3-12(7-13)10-22/h2-7,9,14H,8,11H2,1H3. The summed E-state index contributed by atoms with van der Waals surface area (Å²) >= 11 is 6.18. The number of carbonyl (C=O) groups excluding carboxylic acids is 1. The van der Waals surface area contributed by atoms with E-state index in [1.54, 1.807) is 47.4 Å². The summed E-state index contributed by atoms with van der Waals surface area (Å²) in [5.74, 6) is 1.11. The third kappa shape index (κ3) is 3.30. The van der Waals surface area contributed by atoms with Gasteiger partial charge in [-0.3, -0.25) is 4.79 Å². The van der Waals surface area contributed by atoms with E-state index in [9.17, 15) is 4.79 Å². The molecule has 1 aliphatic heterocycles. The molecule has 0 spiro atoms. The summed E-state index contributed by atoms with van der Waals surface area (Å²) in [5.41, 5.74) is 1.88. The van der Waals surface area contributed by atoms with E-state index in [1.165, 1.54) is 7.11 Å². The smallest absolute Gasteiger partial charge is 0.257 e. The van der Waals surface area contributed by atoms with Crippen molar-refractivity contribution in [2.45, 2.75) is 12.3 Å². The van der Waals surface area contributed by atoms with Crippen molar-refractivity contribution in [1.82, 2.24) is 10.1 Å². The van der Waals surface area contributed by atoms with Gasteiger partial charge in [-0.2, -0.15) is 10.2 Å². The zero-order chi connectivity index (χ0) is 19.7. The second kappa shape index (κ2) is 7.33. The number of halogens is 1. The number of rotatable bonds is 4. The molecule has 0 bridgehead atoms. The fourth-order valence-electron chi connectivity index (χ4n) is 3.19. The highest BCUT2D eigenvalue weighted by Crippen LogP contribution is 2.35. The summed E-state index contributed by atoms with van der Waals surface area (Å²) in [6.07, 6.45) is 0.279. The van der Waals surface area contributed by atoms with Crippen molar-refractivity contribution in [2.75, 3.05) is 18.6 Å². The first kappa shape index (κ1) is 18.0. The molecule has 1 saturated heterocycles. The van der Waals surface area contributed by atoms with Crippen molar-refractivity contribution >= 4 is 23.2 Å². The maximum atomic E-state index is 12.5. The number of amides is 1. The van der Waals surface area contributed by atoms with Gasteiger partial charge in [-0.25, -0.2) is 0 Å². The molecule has 0 aliphatic carbocycles. The Hall–Kier alpha value is -3.37. The summed E-state index contributed by atoms with van der Waals surface area (Å²) in [4.78, 5) is 18.6. The van der Waals surface area contributed by atoms with Gasteiger partial charge in [0.05, 0.1) is 23.8 Å². The number of carbonyl (C=O) groups is 1. The Morgan fingerprint density at radius 3 is 2.93 bits per heavy atom. The molecule has 4 rings (SSSR count). The Labute approximate surface area is 166 Å². The number of hydrogen-bond donors (Lipinski definition) is 0. The van der Waals surface area contributed by atoms with Crippen LogP contribution in [0.3, 0.4) is 0 Å². The van der Waals surface area contributed by atoms with Gasteiger partial charge in [0.1, 0.15) is 5.75 Å². The third-order valence-electron chi connectivity index (χ3n) is 4.62. The molecule has 1 aliphatic rings. The monoisotopic (exact) mass is 394 g/mol. The quantitative estimate of drug-likeness (QED) is 0.668. The van der Waals surface area contributed by atoms with E-state index >= 15 is 0 Å². The second-order valence-electron chi connectivity index (χ2n) is 6.37. The maximum Gasteiger partial charge on any atom is 0.257 e. The van der Waals surface area contributed by atoms with Crippen molar-refractivity contribution in [3.8, 4) is 23.3 Å². The fourth-order valence-corrected chi connectivity index (χ4v) is 3.44.